The van der Waals surface area contributed by atoms with Crippen LogP contribution in [0.5, 0.6) is 0 Å². The number of carbonyl (C=O) groups is 1. The van der Waals surface area contributed by atoms with Gasteiger partial charge in [0.05, 0.1) is 0 Å². The van der Waals surface area contributed by atoms with Gasteiger partial charge in [0, 0.05) is 29.3 Å². The van der Waals surface area contributed by atoms with Gasteiger partial charge in [-0.2, -0.15) is 0 Å². The monoisotopic (exact) mass is 317 g/mol. The molecule has 2 rings (SSSR count). The lowest BCUT2D eigenvalue weighted by molar-refractivity contribution is 0.112. The molecular formula is C16H16BrNO. The molecule has 0 saturated carbocycles. The summed E-state index contributed by atoms with van der Waals surface area (Å²) >= 11 is 3.41. The van der Waals surface area contributed by atoms with Crippen LogP contribution >= 0.6 is 15.9 Å². The van der Waals surface area contributed by atoms with Gasteiger partial charge in [-0.25, -0.2) is 0 Å². The topological polar surface area (TPSA) is 20.3 Å². The summed E-state index contributed by atoms with van der Waals surface area (Å²) in [5.74, 6) is 0. The first-order valence-corrected chi connectivity index (χ1v) is 6.91. The molecule has 0 amide bonds. The lowest BCUT2D eigenvalue weighted by Crippen LogP contribution is -2.16. The van der Waals surface area contributed by atoms with Crippen LogP contribution in [0, 0.1) is 6.92 Å². The first kappa shape index (κ1) is 13.8. The van der Waals surface area contributed by atoms with E-state index in [2.05, 4.69) is 52.0 Å². The predicted molar refractivity (Wildman–Crippen MR) is 82.8 cm³/mol. The molecule has 0 bridgehead atoms. The number of anilines is 1. The Morgan fingerprint density at radius 3 is 2.63 bits per heavy atom. The Labute approximate surface area is 122 Å². The molecule has 0 spiro atoms. The molecule has 0 aliphatic carbocycles. The third-order valence-electron chi connectivity index (χ3n) is 3.05. The molecule has 0 atom stereocenters. The van der Waals surface area contributed by atoms with Crippen LogP contribution in [0.15, 0.2) is 46.9 Å². The molecule has 0 saturated heterocycles. The van der Waals surface area contributed by atoms with Crippen molar-refractivity contribution >= 4 is 27.9 Å². The van der Waals surface area contributed by atoms with Crippen LogP contribution < -0.4 is 4.90 Å². The third-order valence-corrected chi connectivity index (χ3v) is 3.74. The summed E-state index contributed by atoms with van der Waals surface area (Å²) in [6.45, 7) is 2.94. The number of nitrogens with zero attached hydrogens (tertiary/aromatic N) is 1. The van der Waals surface area contributed by atoms with Crippen LogP contribution in [0.25, 0.3) is 0 Å². The fourth-order valence-electron chi connectivity index (χ4n) is 2.02. The van der Waals surface area contributed by atoms with Crippen molar-refractivity contribution < 1.29 is 4.79 Å². The number of rotatable bonds is 4. The fourth-order valence-corrected chi connectivity index (χ4v) is 2.48. The van der Waals surface area contributed by atoms with Gasteiger partial charge in [-0.3, -0.25) is 4.79 Å². The molecule has 0 heterocycles. The van der Waals surface area contributed by atoms with E-state index in [9.17, 15) is 4.79 Å². The summed E-state index contributed by atoms with van der Waals surface area (Å²) in [6, 6.07) is 14.2. The van der Waals surface area contributed by atoms with E-state index in [4.69, 9.17) is 0 Å². The molecule has 2 aromatic rings. The normalized spacial score (nSPS) is 10.3. The van der Waals surface area contributed by atoms with Crippen molar-refractivity contribution in [2.24, 2.45) is 0 Å². The number of carbonyl (C=O) groups excluding carboxylic acids is 1. The SMILES string of the molecule is Cc1cccc(CN(C)c2ccc(C=O)c(Br)c2)c1. The first-order valence-electron chi connectivity index (χ1n) is 6.11. The van der Waals surface area contributed by atoms with Gasteiger partial charge in [0.25, 0.3) is 0 Å². The summed E-state index contributed by atoms with van der Waals surface area (Å²) in [5.41, 5.74) is 4.30. The van der Waals surface area contributed by atoms with Crippen molar-refractivity contribution in [3.8, 4) is 0 Å². The highest BCUT2D eigenvalue weighted by Gasteiger charge is 2.05. The van der Waals surface area contributed by atoms with Crippen molar-refractivity contribution in [1.82, 2.24) is 0 Å². The van der Waals surface area contributed by atoms with Gasteiger partial charge < -0.3 is 4.90 Å². The van der Waals surface area contributed by atoms with Crippen LogP contribution in [0.3, 0.4) is 0 Å². The molecule has 0 aromatic heterocycles. The van der Waals surface area contributed by atoms with Crippen LogP contribution in [-0.2, 0) is 6.54 Å². The van der Waals surface area contributed by atoms with Crippen molar-refractivity contribution in [3.63, 3.8) is 0 Å². The number of aldehydes is 1. The van der Waals surface area contributed by atoms with Crippen molar-refractivity contribution in [2.45, 2.75) is 13.5 Å². The molecule has 2 nitrogen and oxygen atoms in total. The van der Waals surface area contributed by atoms with Crippen molar-refractivity contribution in [1.29, 1.82) is 0 Å². The first-order chi connectivity index (χ1) is 9.10. The quantitative estimate of drug-likeness (QED) is 0.787. The fraction of sp³-hybridized carbons (Fsp3) is 0.188. The minimum absolute atomic E-state index is 0.674. The van der Waals surface area contributed by atoms with E-state index in [-0.39, 0.29) is 0 Å². The minimum Gasteiger partial charge on any atom is -0.370 e. The largest absolute Gasteiger partial charge is 0.370 e. The standard InChI is InChI=1S/C16H16BrNO/c1-12-4-3-5-13(8-12)10-18(2)15-7-6-14(11-19)16(17)9-15/h3-9,11H,10H2,1-2H3. The molecule has 0 radical (unpaired) electrons. The van der Waals surface area contributed by atoms with Gasteiger partial charge in [-0.05, 0) is 46.6 Å². The second kappa shape index (κ2) is 6.02. The van der Waals surface area contributed by atoms with Gasteiger partial charge in [0.2, 0.25) is 0 Å². The second-order valence-electron chi connectivity index (χ2n) is 4.67. The Bertz CT molecular complexity index is 595. The van der Waals surface area contributed by atoms with Crippen LogP contribution in [0.1, 0.15) is 21.5 Å². The van der Waals surface area contributed by atoms with E-state index in [1.807, 2.05) is 25.2 Å². The summed E-state index contributed by atoms with van der Waals surface area (Å²) < 4.78 is 0.830. The molecule has 0 fully saturated rings. The molecule has 2 aromatic carbocycles. The number of halogens is 1. The second-order valence-corrected chi connectivity index (χ2v) is 5.52. The molecule has 0 N–H and O–H groups in total. The lowest BCUT2D eigenvalue weighted by Gasteiger charge is -2.20. The highest BCUT2D eigenvalue weighted by molar-refractivity contribution is 9.10. The average molecular weight is 318 g/mol. The molecule has 3 heteroatoms. The van der Waals surface area contributed by atoms with Gasteiger partial charge in [0.15, 0.2) is 6.29 Å². The van der Waals surface area contributed by atoms with E-state index >= 15 is 0 Å². The Morgan fingerprint density at radius 1 is 1.21 bits per heavy atom. The third kappa shape index (κ3) is 3.44. The van der Waals surface area contributed by atoms with E-state index in [1.165, 1.54) is 11.1 Å². The van der Waals surface area contributed by atoms with Gasteiger partial charge >= 0.3 is 0 Å². The number of hydrogen-bond donors (Lipinski definition) is 0. The van der Waals surface area contributed by atoms with Gasteiger partial charge in [-0.15, -0.1) is 0 Å². The zero-order chi connectivity index (χ0) is 13.8. The van der Waals surface area contributed by atoms with Crippen LogP contribution in [0.2, 0.25) is 0 Å². The van der Waals surface area contributed by atoms with E-state index in [1.54, 1.807) is 0 Å². The van der Waals surface area contributed by atoms with E-state index in [0.29, 0.717) is 5.56 Å². The molecule has 0 aliphatic rings. The van der Waals surface area contributed by atoms with Gasteiger partial charge in [-0.1, -0.05) is 29.8 Å². The highest BCUT2D eigenvalue weighted by atomic mass is 79.9. The molecule has 0 unspecified atom stereocenters. The maximum absolute atomic E-state index is 10.8. The highest BCUT2D eigenvalue weighted by Crippen LogP contribution is 2.23. The summed E-state index contributed by atoms with van der Waals surface area (Å²) in [7, 11) is 2.05. The number of benzene rings is 2. The zero-order valence-electron chi connectivity index (χ0n) is 11.1. The Hall–Kier alpha value is -1.61. The Morgan fingerprint density at radius 2 is 2.00 bits per heavy atom. The summed E-state index contributed by atoms with van der Waals surface area (Å²) in [4.78, 5) is 13.0. The Kier molecular flexibility index (Phi) is 4.38. The van der Waals surface area contributed by atoms with Gasteiger partial charge in [0.1, 0.15) is 0 Å². The average Bonchev–Trinajstić information content (AvgIpc) is 2.38. The minimum atomic E-state index is 0.674. The smallest absolute Gasteiger partial charge is 0.151 e. The maximum atomic E-state index is 10.8. The summed E-state index contributed by atoms with van der Waals surface area (Å²) in [6.07, 6.45) is 0.856. The van der Waals surface area contributed by atoms with Crippen molar-refractivity contribution in [3.05, 3.63) is 63.6 Å². The van der Waals surface area contributed by atoms with Crippen LogP contribution in [0.4, 0.5) is 5.69 Å². The van der Waals surface area contributed by atoms with Crippen LogP contribution in [-0.4, -0.2) is 13.3 Å². The zero-order valence-corrected chi connectivity index (χ0v) is 12.6. The molecule has 19 heavy (non-hydrogen) atoms. The predicted octanol–water partition coefficient (Wildman–Crippen LogP) is 4.21. The van der Waals surface area contributed by atoms with E-state index in [0.717, 1.165) is 23.0 Å². The lowest BCUT2D eigenvalue weighted by atomic mass is 10.1. The number of hydrogen-bond acceptors (Lipinski definition) is 2. The number of aryl methyl sites for hydroxylation is 1. The molecule has 98 valence electrons. The van der Waals surface area contributed by atoms with Crippen molar-refractivity contribution in [2.75, 3.05) is 11.9 Å². The molecular weight excluding hydrogens is 302 g/mol. The Balaban J connectivity index is 2.18. The maximum Gasteiger partial charge on any atom is 0.151 e. The summed E-state index contributed by atoms with van der Waals surface area (Å²) in [5, 5.41) is 0. The van der Waals surface area contributed by atoms with E-state index < -0.39 is 0 Å². The molecule has 0 aliphatic heterocycles.